The lowest BCUT2D eigenvalue weighted by Gasteiger charge is -2.34. The average molecular weight is 837 g/mol. The lowest BCUT2D eigenvalue weighted by atomic mass is 9.87. The van der Waals surface area contributed by atoms with Crippen molar-refractivity contribution in [1.29, 1.82) is 0 Å². The zero-order valence-electron chi connectivity index (χ0n) is 25.1. The van der Waals surface area contributed by atoms with E-state index in [0.29, 0.717) is 42.8 Å². The molecule has 0 spiro atoms. The van der Waals surface area contributed by atoms with Gasteiger partial charge in [-0.05, 0) is 93.5 Å². The van der Waals surface area contributed by atoms with Crippen LogP contribution in [0.4, 0.5) is 5.82 Å². The fourth-order valence-corrected chi connectivity index (χ4v) is 11.8. The van der Waals surface area contributed by atoms with E-state index < -0.39 is 33.0 Å². The van der Waals surface area contributed by atoms with Crippen molar-refractivity contribution < 1.29 is 22.5 Å². The van der Waals surface area contributed by atoms with Gasteiger partial charge in [-0.15, -0.1) is 11.3 Å². The van der Waals surface area contributed by atoms with E-state index in [1.165, 1.54) is 6.42 Å². The molecular formula is C31H37Br2ClN4O5S3. The van der Waals surface area contributed by atoms with Crippen LogP contribution >= 0.6 is 54.8 Å². The number of sulfonamides is 1. The molecule has 2 saturated heterocycles. The van der Waals surface area contributed by atoms with Crippen molar-refractivity contribution >= 4 is 87.6 Å². The van der Waals surface area contributed by atoms with Crippen LogP contribution in [0.25, 0.3) is 0 Å². The van der Waals surface area contributed by atoms with Crippen molar-refractivity contribution in [2.75, 3.05) is 31.1 Å². The third-order valence-corrected chi connectivity index (χ3v) is 15.3. The molecule has 250 valence electrons. The van der Waals surface area contributed by atoms with Crippen molar-refractivity contribution in [1.82, 2.24) is 14.0 Å². The van der Waals surface area contributed by atoms with Crippen LogP contribution in [0.3, 0.4) is 0 Å². The van der Waals surface area contributed by atoms with Crippen LogP contribution in [0.15, 0.2) is 66.7 Å². The van der Waals surface area contributed by atoms with Gasteiger partial charge in [0.15, 0.2) is 0 Å². The average Bonchev–Trinajstić information content (AvgIpc) is 3.40. The molecule has 0 amide bonds. The number of thiophene rings is 1. The molecule has 2 aliphatic rings. The largest absolute Gasteiger partial charge is 0.480 e. The zero-order valence-corrected chi connectivity index (χ0v) is 31.5. The number of pyridine rings is 1. The second-order valence-electron chi connectivity index (χ2n) is 11.8. The van der Waals surface area contributed by atoms with E-state index in [2.05, 4.69) is 46.5 Å². The highest BCUT2D eigenvalue weighted by atomic mass is 79.9. The maximum absolute atomic E-state index is 13.0. The first kappa shape index (κ1) is 35.9. The third-order valence-electron chi connectivity index (χ3n) is 8.77. The van der Waals surface area contributed by atoms with Gasteiger partial charge < -0.3 is 10.0 Å². The second-order valence-corrected chi connectivity index (χ2v) is 18.6. The molecule has 5 rings (SSSR count). The Morgan fingerprint density at radius 1 is 1.04 bits per heavy atom. The minimum atomic E-state index is -3.50. The summed E-state index contributed by atoms with van der Waals surface area (Å²) in [6.07, 6.45) is 9.12. The predicted molar refractivity (Wildman–Crippen MR) is 190 cm³/mol. The van der Waals surface area contributed by atoms with E-state index in [9.17, 15) is 22.5 Å². The molecular weight excluding hydrogens is 800 g/mol. The number of hydrogen-bond donors (Lipinski definition) is 2. The fourth-order valence-electron chi connectivity index (χ4n) is 6.12. The minimum Gasteiger partial charge on any atom is -0.480 e. The molecule has 4 heterocycles. The van der Waals surface area contributed by atoms with Crippen molar-refractivity contribution in [3.05, 3.63) is 67.5 Å². The molecule has 2 N–H and O–H groups in total. The van der Waals surface area contributed by atoms with Gasteiger partial charge in [0.2, 0.25) is 0 Å². The van der Waals surface area contributed by atoms with Crippen LogP contribution in [0.1, 0.15) is 50.5 Å². The van der Waals surface area contributed by atoms with E-state index >= 15 is 0 Å². The van der Waals surface area contributed by atoms with Crippen LogP contribution in [0.2, 0.25) is 4.34 Å². The minimum absolute atomic E-state index is 0.220. The number of nitrogens with one attached hydrogen (secondary N) is 1. The number of nitrogens with zero attached hydrogens (tertiary/aromatic N) is 3. The SMILES string of the molecule is O=C(O)C(Cc1ccccc1)NS(=O)c1cnc(N2CCC(CCCC3CCN(S(=O)(=O)c4cc(Br)c(Cl)s4)CC3)CC2)c(Br)c1. The van der Waals surface area contributed by atoms with Crippen molar-refractivity contribution in [2.24, 2.45) is 11.8 Å². The number of piperidine rings is 2. The number of aliphatic carboxylic acids is 1. The van der Waals surface area contributed by atoms with Gasteiger partial charge in [0.05, 0.1) is 9.37 Å². The smallest absolute Gasteiger partial charge is 0.321 e. The Balaban J connectivity index is 1.04. The van der Waals surface area contributed by atoms with Crippen LogP contribution < -0.4 is 9.62 Å². The molecule has 1 aromatic carbocycles. The van der Waals surface area contributed by atoms with Crippen molar-refractivity contribution in [3.8, 4) is 0 Å². The molecule has 0 aliphatic carbocycles. The van der Waals surface area contributed by atoms with E-state index in [-0.39, 0.29) is 6.42 Å². The van der Waals surface area contributed by atoms with Crippen molar-refractivity contribution in [3.63, 3.8) is 0 Å². The standard InChI is InChI=1S/C31H37Br2ClN4O5S3/c32-25-19-28(44-29(25)34)46(42,43)38-15-11-22(12-16-38)8-4-7-21-9-13-37(14-10-21)30-26(33)18-24(20-35-30)45(41)36-27(31(39)40)17-23-5-2-1-3-6-23/h1-3,5-6,18-22,27,36H,4,7-17H2,(H,39,40). The van der Waals surface area contributed by atoms with Gasteiger partial charge in [-0.25, -0.2) is 22.3 Å². The van der Waals surface area contributed by atoms with E-state index in [1.807, 2.05) is 30.3 Å². The maximum Gasteiger partial charge on any atom is 0.321 e. The van der Waals surface area contributed by atoms with Crippen LogP contribution in [0, 0.1) is 11.8 Å². The molecule has 3 aromatic rings. The highest BCUT2D eigenvalue weighted by Gasteiger charge is 2.31. The topological polar surface area (TPSA) is 120 Å². The molecule has 2 aromatic heterocycles. The molecule has 0 bridgehead atoms. The lowest BCUT2D eigenvalue weighted by molar-refractivity contribution is -0.138. The van der Waals surface area contributed by atoms with Gasteiger partial charge in [-0.3, -0.25) is 4.79 Å². The molecule has 2 aliphatic heterocycles. The van der Waals surface area contributed by atoms with E-state index in [1.54, 1.807) is 22.6 Å². The summed E-state index contributed by atoms with van der Waals surface area (Å²) < 4.78 is 45.4. The summed E-state index contributed by atoms with van der Waals surface area (Å²) >= 11 is 14.1. The second kappa shape index (κ2) is 16.3. The molecule has 2 unspecified atom stereocenters. The number of rotatable bonds is 13. The first-order valence-corrected chi connectivity index (χ1v) is 20.7. The Morgan fingerprint density at radius 2 is 1.67 bits per heavy atom. The Labute approximate surface area is 299 Å². The number of carboxylic acid groups (broad SMARTS) is 1. The zero-order chi connectivity index (χ0) is 32.8. The molecule has 46 heavy (non-hydrogen) atoms. The third kappa shape index (κ3) is 9.19. The summed E-state index contributed by atoms with van der Waals surface area (Å²) in [4.78, 5) is 19.1. The molecule has 15 heteroatoms. The first-order valence-electron chi connectivity index (χ1n) is 15.3. The number of benzene rings is 1. The van der Waals surface area contributed by atoms with Gasteiger partial charge >= 0.3 is 5.97 Å². The van der Waals surface area contributed by atoms with Gasteiger partial charge in [-0.1, -0.05) is 61.2 Å². The molecule has 2 fully saturated rings. The highest BCUT2D eigenvalue weighted by Crippen LogP contribution is 2.37. The van der Waals surface area contributed by atoms with Crippen LogP contribution in [0.5, 0.6) is 0 Å². The van der Waals surface area contributed by atoms with Crippen molar-refractivity contribution in [2.45, 2.75) is 66.5 Å². The lowest BCUT2D eigenvalue weighted by Crippen LogP contribution is -2.39. The summed E-state index contributed by atoms with van der Waals surface area (Å²) in [6, 6.07) is 11.6. The Morgan fingerprint density at radius 3 is 2.24 bits per heavy atom. The summed E-state index contributed by atoms with van der Waals surface area (Å²) in [5, 5.41) is 9.67. The summed E-state index contributed by atoms with van der Waals surface area (Å²) in [5.41, 5.74) is 0.848. The number of carbonyl (C=O) groups is 1. The number of halogens is 3. The number of anilines is 1. The van der Waals surface area contributed by atoms with Gasteiger partial charge in [0.1, 0.15) is 31.4 Å². The van der Waals surface area contributed by atoms with E-state index in [0.717, 1.165) is 78.8 Å². The summed E-state index contributed by atoms with van der Waals surface area (Å²) in [6.45, 7) is 2.87. The van der Waals surface area contributed by atoms with Gasteiger partial charge in [0.25, 0.3) is 10.0 Å². The first-order chi connectivity index (χ1) is 22.0. The van der Waals surface area contributed by atoms with E-state index in [4.69, 9.17) is 11.6 Å². The molecule has 0 radical (unpaired) electrons. The fraction of sp³-hybridized carbons (Fsp3) is 0.484. The summed E-state index contributed by atoms with van der Waals surface area (Å²) in [7, 11) is -5.24. The van der Waals surface area contributed by atoms with Gasteiger partial charge in [-0.2, -0.15) is 4.31 Å². The number of hydrogen-bond acceptors (Lipinski definition) is 7. The quantitative estimate of drug-likeness (QED) is 0.188. The summed E-state index contributed by atoms with van der Waals surface area (Å²) in [5.74, 6) is 0.936. The molecule has 9 nitrogen and oxygen atoms in total. The maximum atomic E-state index is 13.0. The van der Waals surface area contributed by atoms with Crippen LogP contribution in [-0.2, 0) is 32.2 Å². The number of aromatic nitrogens is 1. The Kier molecular flexibility index (Phi) is 12.8. The number of carboxylic acids is 1. The van der Waals surface area contributed by atoms with Gasteiger partial charge in [0, 0.05) is 36.8 Å². The predicted octanol–water partition coefficient (Wildman–Crippen LogP) is 7.12. The molecule has 2 atom stereocenters. The Hall–Kier alpha value is -1.39. The van der Waals surface area contributed by atoms with Crippen LogP contribution in [-0.4, -0.2) is 65.2 Å². The normalized spacial score (nSPS) is 18.5. The highest BCUT2D eigenvalue weighted by molar-refractivity contribution is 9.11. The molecule has 0 saturated carbocycles. The monoisotopic (exact) mass is 834 g/mol. The Bertz CT molecular complexity index is 1610.